The molecule has 1 aliphatic heterocycles. The van der Waals surface area contributed by atoms with E-state index in [2.05, 4.69) is 0 Å². The summed E-state index contributed by atoms with van der Waals surface area (Å²) in [6, 6.07) is 34.4. The van der Waals surface area contributed by atoms with E-state index < -0.39 is 41.5 Å². The van der Waals surface area contributed by atoms with E-state index in [-0.39, 0.29) is 63.9 Å². The topological polar surface area (TPSA) is 197 Å². The molecule has 1 heterocycles. The summed E-state index contributed by atoms with van der Waals surface area (Å²) in [6.45, 7) is 0. The first-order chi connectivity index (χ1) is 31.4. The van der Waals surface area contributed by atoms with Crippen LogP contribution in [0.5, 0.6) is 46.0 Å². The lowest BCUT2D eigenvalue weighted by Crippen LogP contribution is -2.40. The Bertz CT molecular complexity index is 2570. The van der Waals surface area contributed by atoms with Gasteiger partial charge in [-0.1, -0.05) is 85.0 Å². The van der Waals surface area contributed by atoms with E-state index in [4.69, 9.17) is 9.47 Å². The lowest BCUT2D eigenvalue weighted by molar-refractivity contribution is -0.0938. The number of aryl methyl sites for hydroxylation is 2. The van der Waals surface area contributed by atoms with E-state index >= 15 is 4.79 Å². The van der Waals surface area contributed by atoms with Gasteiger partial charge in [-0.15, -0.1) is 0 Å². The van der Waals surface area contributed by atoms with Gasteiger partial charge in [-0.2, -0.15) is 0 Å². The van der Waals surface area contributed by atoms with Crippen LogP contribution in [0.25, 0.3) is 6.08 Å². The number of Topliss-reactive ketones (excluding diaryl/α,β-unsaturated/α-hetero) is 1. The number of rotatable bonds is 17. The predicted octanol–water partition coefficient (Wildman–Crippen LogP) is 10.00. The molecule has 6 aromatic carbocycles. The molecule has 0 radical (unpaired) electrons. The number of hydrogen-bond donors (Lipinski definition) is 8. The second-order valence-corrected chi connectivity index (χ2v) is 16.5. The Balaban J connectivity index is 1.28. The largest absolute Gasteiger partial charge is 0.508 e. The first-order valence-electron chi connectivity index (χ1n) is 21.6. The van der Waals surface area contributed by atoms with Crippen molar-refractivity contribution in [3.05, 3.63) is 185 Å². The summed E-state index contributed by atoms with van der Waals surface area (Å²) < 4.78 is 12.6. The van der Waals surface area contributed by atoms with Gasteiger partial charge in [0.15, 0.2) is 5.78 Å². The van der Waals surface area contributed by atoms with Crippen LogP contribution in [0.15, 0.2) is 146 Å². The Morgan fingerprint density at radius 1 is 0.723 bits per heavy atom. The molecule has 11 heteroatoms. The molecule has 0 bridgehead atoms. The minimum Gasteiger partial charge on any atom is -0.508 e. The molecule has 0 spiro atoms. The van der Waals surface area contributed by atoms with Crippen molar-refractivity contribution in [1.29, 1.82) is 0 Å². The maximum Gasteiger partial charge on any atom is 0.176 e. The molecule has 6 aromatic rings. The van der Waals surface area contributed by atoms with Gasteiger partial charge in [-0.05, 0) is 133 Å². The average molecular weight is 879 g/mol. The van der Waals surface area contributed by atoms with Gasteiger partial charge >= 0.3 is 0 Å². The first kappa shape index (κ1) is 45.8. The van der Waals surface area contributed by atoms with Gasteiger partial charge in [-0.25, -0.2) is 0 Å². The highest BCUT2D eigenvalue weighted by Gasteiger charge is 2.45. The van der Waals surface area contributed by atoms with Crippen LogP contribution < -0.4 is 4.74 Å². The number of aliphatic hydroxyl groups is 1. The van der Waals surface area contributed by atoms with E-state index in [0.717, 1.165) is 16.7 Å². The fourth-order valence-electron chi connectivity index (χ4n) is 8.56. The molecule has 0 saturated carbocycles. The smallest absolute Gasteiger partial charge is 0.176 e. The summed E-state index contributed by atoms with van der Waals surface area (Å²) in [4.78, 5) is 15.6. The zero-order valence-corrected chi connectivity index (χ0v) is 35.9. The van der Waals surface area contributed by atoms with Crippen LogP contribution in [0.1, 0.15) is 81.4 Å². The molecule has 0 aromatic heterocycles. The molecule has 1 fully saturated rings. The van der Waals surface area contributed by atoms with E-state index in [1.165, 1.54) is 37.4 Å². The number of aromatic hydroxyl groups is 7. The van der Waals surface area contributed by atoms with Gasteiger partial charge in [0.1, 0.15) is 51.6 Å². The lowest BCUT2D eigenvalue weighted by atomic mass is 9.73. The standard InChI is InChI=1S/C54H54O11/c1-64-48-32-47(61)50(46(36-15-26-43(59)27-16-36)4-2-3-39(55)19-6-34-9-22-41(57)23-10-34)53(63)51(48)52(62)49-38(14-5-33-7-20-40(56)21-8-33)31-45(30-13-35-11-24-42(58)25-12-35)65-54(49)37-17-28-44(60)29-18-37/h2,4-5,7-12,14-18,20-29,32,38-39,45-46,49,54-61,63H,3,6,13,19,30-31H2,1H3/b4-2-,14-5+/t38-,39-,45+,46-,49+,54+/m1/s1. The highest BCUT2D eigenvalue weighted by atomic mass is 16.5. The summed E-state index contributed by atoms with van der Waals surface area (Å²) in [5, 5.41) is 85.1. The van der Waals surface area contributed by atoms with Crippen molar-refractivity contribution in [1.82, 2.24) is 0 Å². The lowest BCUT2D eigenvalue weighted by Gasteiger charge is -2.41. The fourth-order valence-corrected chi connectivity index (χ4v) is 8.56. The van der Waals surface area contributed by atoms with Crippen LogP contribution >= 0.6 is 0 Å². The summed E-state index contributed by atoms with van der Waals surface area (Å²) in [6.07, 6.45) is 8.17. The van der Waals surface area contributed by atoms with Crippen LogP contribution in [0.3, 0.4) is 0 Å². The number of phenolic OH excluding ortho intramolecular Hbond substituents is 7. The Morgan fingerprint density at radius 3 is 1.85 bits per heavy atom. The third-order valence-corrected chi connectivity index (χ3v) is 12.1. The molecule has 11 nitrogen and oxygen atoms in total. The zero-order chi connectivity index (χ0) is 46.0. The Labute approximate surface area is 378 Å². The average Bonchev–Trinajstić information content (AvgIpc) is 3.30. The van der Waals surface area contributed by atoms with Gasteiger partial charge in [0, 0.05) is 17.5 Å². The number of carbonyl (C=O) groups is 1. The van der Waals surface area contributed by atoms with Gasteiger partial charge in [0.05, 0.1) is 31.3 Å². The number of phenols is 7. The van der Waals surface area contributed by atoms with Crippen LogP contribution in [-0.4, -0.2) is 66.0 Å². The number of aliphatic hydroxyl groups excluding tert-OH is 1. The Hall–Kier alpha value is -7.21. The molecular formula is C54H54O11. The zero-order valence-electron chi connectivity index (χ0n) is 35.9. The molecule has 1 aliphatic rings. The maximum absolute atomic E-state index is 15.6. The molecule has 0 amide bonds. The quantitative estimate of drug-likeness (QED) is 0.0321. The molecule has 65 heavy (non-hydrogen) atoms. The number of hydrogen-bond acceptors (Lipinski definition) is 11. The van der Waals surface area contributed by atoms with Crippen molar-refractivity contribution in [3.8, 4) is 46.0 Å². The van der Waals surface area contributed by atoms with E-state index in [9.17, 15) is 40.9 Å². The molecule has 7 rings (SSSR count). The first-order valence-corrected chi connectivity index (χ1v) is 21.6. The minimum atomic E-state index is -0.971. The molecule has 0 unspecified atom stereocenters. The third-order valence-electron chi connectivity index (χ3n) is 12.1. The van der Waals surface area contributed by atoms with Gasteiger partial charge in [-0.3, -0.25) is 4.79 Å². The minimum absolute atomic E-state index is 0.00511. The summed E-state index contributed by atoms with van der Waals surface area (Å²) in [7, 11) is 1.35. The highest BCUT2D eigenvalue weighted by Crippen LogP contribution is 2.50. The van der Waals surface area contributed by atoms with Crippen molar-refractivity contribution < 1.29 is 55.1 Å². The van der Waals surface area contributed by atoms with Gasteiger partial charge in [0.2, 0.25) is 0 Å². The van der Waals surface area contributed by atoms with Crippen molar-refractivity contribution in [2.45, 2.75) is 62.8 Å². The van der Waals surface area contributed by atoms with Crippen molar-refractivity contribution in [3.63, 3.8) is 0 Å². The number of ketones is 1. The number of carbonyl (C=O) groups excluding carboxylic acids is 1. The number of allylic oxidation sites excluding steroid dienone is 2. The van der Waals surface area contributed by atoms with E-state index in [0.29, 0.717) is 43.2 Å². The Kier molecular flexibility index (Phi) is 14.8. The third kappa shape index (κ3) is 11.5. The summed E-state index contributed by atoms with van der Waals surface area (Å²) >= 11 is 0. The normalized spacial score (nSPS) is 18.4. The Morgan fingerprint density at radius 2 is 1.26 bits per heavy atom. The van der Waals surface area contributed by atoms with Gasteiger partial charge in [0.25, 0.3) is 0 Å². The molecule has 1 saturated heterocycles. The highest BCUT2D eigenvalue weighted by molar-refractivity contribution is 6.04. The van der Waals surface area contributed by atoms with Crippen molar-refractivity contribution >= 4 is 11.9 Å². The van der Waals surface area contributed by atoms with Crippen LogP contribution in [0.2, 0.25) is 0 Å². The van der Waals surface area contributed by atoms with Crippen LogP contribution in [0, 0.1) is 11.8 Å². The molecular weight excluding hydrogens is 825 g/mol. The maximum atomic E-state index is 15.6. The van der Waals surface area contributed by atoms with Crippen LogP contribution in [0.4, 0.5) is 0 Å². The predicted molar refractivity (Wildman–Crippen MR) is 248 cm³/mol. The SMILES string of the molecule is COc1cc(O)c([C@H](/C=C\C[C@@H](O)CCc2ccc(O)cc2)c2ccc(O)cc2)c(O)c1C(=O)[C@@H]1[C@H](/C=C/c2ccc(O)cc2)C[C@H](CCc2ccc(O)cc2)O[C@H]1c1ccc(O)cc1. The number of benzene rings is 6. The van der Waals surface area contributed by atoms with E-state index in [1.807, 2.05) is 24.3 Å². The monoisotopic (exact) mass is 878 g/mol. The number of methoxy groups -OCH3 is 1. The number of ether oxygens (including phenoxy) is 2. The molecule has 336 valence electrons. The summed E-state index contributed by atoms with van der Waals surface area (Å²) in [5.74, 6) is -3.31. The van der Waals surface area contributed by atoms with E-state index in [1.54, 1.807) is 97.1 Å². The summed E-state index contributed by atoms with van der Waals surface area (Å²) in [5.41, 5.74) is 3.75. The fraction of sp³-hybridized carbons (Fsp3) is 0.241. The van der Waals surface area contributed by atoms with Crippen LogP contribution in [-0.2, 0) is 17.6 Å². The van der Waals surface area contributed by atoms with Crippen molar-refractivity contribution in [2.75, 3.05) is 7.11 Å². The molecule has 0 aliphatic carbocycles. The molecule has 6 atom stereocenters. The van der Waals surface area contributed by atoms with Gasteiger partial charge < -0.3 is 50.3 Å². The van der Waals surface area contributed by atoms with Crippen molar-refractivity contribution in [2.24, 2.45) is 11.8 Å². The molecule has 8 N–H and O–H groups in total. The second-order valence-electron chi connectivity index (χ2n) is 16.5. The second kappa shape index (κ2) is 21.0.